The van der Waals surface area contributed by atoms with Crippen molar-refractivity contribution in [2.24, 2.45) is 0 Å². The van der Waals surface area contributed by atoms with Gasteiger partial charge in [-0.2, -0.15) is 0 Å². The SMILES string of the molecule is C1=Cc2ccccc2C1.[KH]. The Kier molecular flexibility index (Phi) is 3.33. The molecule has 2 rings (SSSR count). The van der Waals surface area contributed by atoms with E-state index in [0.29, 0.717) is 0 Å². The van der Waals surface area contributed by atoms with Crippen molar-refractivity contribution in [2.45, 2.75) is 6.42 Å². The Balaban J connectivity index is 0.000000500. The fourth-order valence-corrected chi connectivity index (χ4v) is 1.20. The summed E-state index contributed by atoms with van der Waals surface area (Å²) in [6.45, 7) is 0. The molecule has 0 aliphatic heterocycles. The van der Waals surface area contributed by atoms with Gasteiger partial charge in [0.2, 0.25) is 0 Å². The summed E-state index contributed by atoms with van der Waals surface area (Å²) in [5.41, 5.74) is 2.84. The normalized spacial score (nSPS) is 12.4. The standard InChI is InChI=1S/C9H8.K.H/c1-2-5-9-7-3-6-8(9)4-1;;/h1-6H,7H2;;. The van der Waals surface area contributed by atoms with E-state index in [9.17, 15) is 0 Å². The molecule has 1 aliphatic rings. The Labute approximate surface area is 104 Å². The molecule has 0 atom stereocenters. The molecule has 0 fully saturated rings. The van der Waals surface area contributed by atoms with Crippen LogP contribution in [-0.4, -0.2) is 51.4 Å². The van der Waals surface area contributed by atoms with E-state index in [1.54, 1.807) is 0 Å². The summed E-state index contributed by atoms with van der Waals surface area (Å²) in [6.07, 6.45) is 5.50. The molecule has 0 unspecified atom stereocenters. The molecular formula is C9H9K. The zero-order chi connectivity index (χ0) is 6.10. The third-order valence-corrected chi connectivity index (χ3v) is 1.69. The molecule has 0 saturated carbocycles. The van der Waals surface area contributed by atoms with Crippen molar-refractivity contribution in [3.8, 4) is 0 Å². The van der Waals surface area contributed by atoms with Gasteiger partial charge in [0.25, 0.3) is 0 Å². The van der Waals surface area contributed by atoms with Crippen molar-refractivity contribution < 1.29 is 0 Å². The van der Waals surface area contributed by atoms with E-state index in [2.05, 4.69) is 36.4 Å². The number of hydrogen-bond acceptors (Lipinski definition) is 0. The molecule has 46 valence electrons. The van der Waals surface area contributed by atoms with Crippen molar-refractivity contribution >= 4 is 57.5 Å². The molecule has 0 radical (unpaired) electrons. The van der Waals surface area contributed by atoms with Crippen molar-refractivity contribution in [3.63, 3.8) is 0 Å². The number of fused-ring (bicyclic) bond motifs is 1. The summed E-state index contributed by atoms with van der Waals surface area (Å²) < 4.78 is 0. The predicted molar refractivity (Wildman–Crippen MR) is 46.3 cm³/mol. The average molecular weight is 156 g/mol. The summed E-state index contributed by atoms with van der Waals surface area (Å²) in [4.78, 5) is 0. The molecule has 1 aliphatic carbocycles. The van der Waals surface area contributed by atoms with Gasteiger partial charge in [0.1, 0.15) is 0 Å². The number of hydrogen-bond donors (Lipinski definition) is 0. The van der Waals surface area contributed by atoms with Gasteiger partial charge >= 0.3 is 51.4 Å². The fraction of sp³-hybridized carbons (Fsp3) is 0.111. The zero-order valence-corrected chi connectivity index (χ0v) is 5.17. The van der Waals surface area contributed by atoms with Gasteiger partial charge in [0.15, 0.2) is 0 Å². The Morgan fingerprint density at radius 2 is 1.90 bits per heavy atom. The zero-order valence-electron chi connectivity index (χ0n) is 5.17. The summed E-state index contributed by atoms with van der Waals surface area (Å²) in [6, 6.07) is 8.49. The summed E-state index contributed by atoms with van der Waals surface area (Å²) in [7, 11) is 0. The first-order valence-electron chi connectivity index (χ1n) is 3.21. The van der Waals surface area contributed by atoms with Gasteiger partial charge in [-0.3, -0.25) is 0 Å². The van der Waals surface area contributed by atoms with E-state index in [1.807, 2.05) is 0 Å². The molecule has 0 bridgehead atoms. The van der Waals surface area contributed by atoms with Gasteiger partial charge in [-0.05, 0) is 17.5 Å². The third-order valence-electron chi connectivity index (χ3n) is 1.69. The third kappa shape index (κ3) is 1.60. The molecule has 0 heterocycles. The molecule has 0 N–H and O–H groups in total. The van der Waals surface area contributed by atoms with Crippen molar-refractivity contribution in [3.05, 3.63) is 41.5 Å². The van der Waals surface area contributed by atoms with Crippen LogP contribution < -0.4 is 0 Å². The quantitative estimate of drug-likeness (QED) is 0.501. The van der Waals surface area contributed by atoms with E-state index in [0.717, 1.165) is 6.42 Å². The predicted octanol–water partition coefficient (Wildman–Crippen LogP) is 1.61. The molecule has 0 spiro atoms. The van der Waals surface area contributed by atoms with E-state index in [4.69, 9.17) is 0 Å². The number of benzene rings is 1. The topological polar surface area (TPSA) is 0 Å². The summed E-state index contributed by atoms with van der Waals surface area (Å²) >= 11 is 0. The number of allylic oxidation sites excluding steroid dienone is 1. The molecule has 10 heavy (non-hydrogen) atoms. The van der Waals surface area contributed by atoms with Crippen LogP contribution in [0.3, 0.4) is 0 Å². The maximum absolute atomic E-state index is 2.20. The molecule has 0 nitrogen and oxygen atoms in total. The van der Waals surface area contributed by atoms with Crippen molar-refractivity contribution in [1.82, 2.24) is 0 Å². The van der Waals surface area contributed by atoms with Crippen LogP contribution in [0, 0.1) is 0 Å². The Morgan fingerprint density at radius 3 is 2.70 bits per heavy atom. The van der Waals surface area contributed by atoms with E-state index in [-0.39, 0.29) is 51.4 Å². The monoisotopic (exact) mass is 156 g/mol. The minimum absolute atomic E-state index is 0. The Morgan fingerprint density at radius 1 is 1.10 bits per heavy atom. The first-order chi connectivity index (χ1) is 4.47. The Hall–Kier alpha value is 0.596. The maximum atomic E-state index is 2.20. The fourth-order valence-electron chi connectivity index (χ4n) is 1.20. The minimum atomic E-state index is 0. The van der Waals surface area contributed by atoms with Crippen molar-refractivity contribution in [1.29, 1.82) is 0 Å². The van der Waals surface area contributed by atoms with Crippen LogP contribution >= 0.6 is 0 Å². The van der Waals surface area contributed by atoms with Gasteiger partial charge in [-0.15, -0.1) is 0 Å². The molecule has 0 saturated heterocycles. The number of rotatable bonds is 0. The first-order valence-corrected chi connectivity index (χ1v) is 3.21. The van der Waals surface area contributed by atoms with Gasteiger partial charge in [0, 0.05) is 0 Å². The van der Waals surface area contributed by atoms with Crippen LogP contribution in [0.15, 0.2) is 30.3 Å². The molecule has 0 amide bonds. The van der Waals surface area contributed by atoms with Gasteiger partial charge < -0.3 is 0 Å². The van der Waals surface area contributed by atoms with Crippen LogP contribution in [-0.2, 0) is 6.42 Å². The van der Waals surface area contributed by atoms with Gasteiger partial charge in [-0.1, -0.05) is 36.4 Å². The molecule has 1 aromatic carbocycles. The van der Waals surface area contributed by atoms with Gasteiger partial charge in [0.05, 0.1) is 0 Å². The average Bonchev–Trinajstić information content (AvgIpc) is 2.33. The van der Waals surface area contributed by atoms with Crippen molar-refractivity contribution in [2.75, 3.05) is 0 Å². The van der Waals surface area contributed by atoms with Crippen LogP contribution in [0.2, 0.25) is 0 Å². The molecule has 1 aromatic rings. The van der Waals surface area contributed by atoms with E-state index < -0.39 is 0 Å². The summed E-state index contributed by atoms with van der Waals surface area (Å²) in [5, 5.41) is 0. The molecule has 0 aromatic heterocycles. The second-order valence-electron chi connectivity index (χ2n) is 2.31. The van der Waals surface area contributed by atoms with Crippen LogP contribution in [0.1, 0.15) is 11.1 Å². The van der Waals surface area contributed by atoms with E-state index in [1.165, 1.54) is 11.1 Å². The second kappa shape index (κ2) is 3.84. The molecule has 1 heteroatoms. The van der Waals surface area contributed by atoms with Crippen LogP contribution in [0.4, 0.5) is 0 Å². The summed E-state index contributed by atoms with van der Waals surface area (Å²) in [5.74, 6) is 0. The van der Waals surface area contributed by atoms with Crippen LogP contribution in [0.25, 0.3) is 6.08 Å². The Bertz CT molecular complexity index is 251. The molecular weight excluding hydrogens is 147 g/mol. The van der Waals surface area contributed by atoms with Crippen LogP contribution in [0.5, 0.6) is 0 Å². The first kappa shape index (κ1) is 8.69. The second-order valence-corrected chi connectivity index (χ2v) is 2.31. The van der Waals surface area contributed by atoms with E-state index >= 15 is 0 Å². The van der Waals surface area contributed by atoms with Gasteiger partial charge in [-0.25, -0.2) is 0 Å².